The van der Waals surface area contributed by atoms with Gasteiger partial charge in [0, 0.05) is 18.6 Å². The number of thiophene rings is 1. The Labute approximate surface area is 115 Å². The highest BCUT2D eigenvalue weighted by Gasteiger charge is 2.27. The summed E-state index contributed by atoms with van der Waals surface area (Å²) in [5.74, 6) is 0. The van der Waals surface area contributed by atoms with Crippen molar-refractivity contribution in [2.75, 3.05) is 40.8 Å². The van der Waals surface area contributed by atoms with Gasteiger partial charge in [-0.1, -0.05) is 0 Å². The predicted molar refractivity (Wildman–Crippen MR) is 79.4 cm³/mol. The molecular weight excluding hydrogens is 242 g/mol. The van der Waals surface area contributed by atoms with Gasteiger partial charge in [0.1, 0.15) is 0 Å². The van der Waals surface area contributed by atoms with Gasteiger partial charge in [-0.3, -0.25) is 0 Å². The molecule has 0 saturated carbocycles. The van der Waals surface area contributed by atoms with Crippen molar-refractivity contribution in [2.24, 2.45) is 0 Å². The Morgan fingerprint density at radius 3 is 2.94 bits per heavy atom. The first-order chi connectivity index (χ1) is 8.70. The molecule has 18 heavy (non-hydrogen) atoms. The van der Waals surface area contributed by atoms with Crippen LogP contribution >= 0.6 is 11.3 Å². The third-order valence-corrected chi connectivity index (χ3v) is 4.72. The van der Waals surface area contributed by atoms with E-state index in [1.807, 2.05) is 0 Å². The third-order valence-electron chi connectivity index (χ3n) is 3.99. The Bertz CT molecular complexity index is 339. The lowest BCUT2D eigenvalue weighted by molar-refractivity contribution is 0.181. The molecular formula is C14H25N3S. The Balaban J connectivity index is 2.04. The molecule has 1 saturated heterocycles. The molecule has 0 aromatic carbocycles. The fourth-order valence-corrected chi connectivity index (χ4v) is 3.52. The van der Waals surface area contributed by atoms with E-state index in [0.717, 1.165) is 13.0 Å². The van der Waals surface area contributed by atoms with Crippen LogP contribution in [0.25, 0.3) is 0 Å². The topological polar surface area (TPSA) is 18.5 Å². The van der Waals surface area contributed by atoms with E-state index in [-0.39, 0.29) is 0 Å². The summed E-state index contributed by atoms with van der Waals surface area (Å²) in [6, 6.07) is 3.38. The van der Waals surface area contributed by atoms with Crippen LogP contribution in [-0.2, 0) is 6.42 Å². The minimum absolute atomic E-state index is 0.533. The summed E-state index contributed by atoms with van der Waals surface area (Å²) < 4.78 is 0. The maximum atomic E-state index is 3.53. The summed E-state index contributed by atoms with van der Waals surface area (Å²) in [4.78, 5) is 4.99. The second-order valence-corrected chi connectivity index (χ2v) is 6.17. The van der Waals surface area contributed by atoms with E-state index >= 15 is 0 Å². The number of hydrogen-bond acceptors (Lipinski definition) is 4. The Morgan fingerprint density at radius 1 is 1.44 bits per heavy atom. The van der Waals surface area contributed by atoms with Crippen LogP contribution in [0.2, 0.25) is 0 Å². The predicted octanol–water partition coefficient (Wildman–Crippen LogP) is 1.51. The van der Waals surface area contributed by atoms with Crippen molar-refractivity contribution >= 4 is 11.3 Å². The molecule has 2 unspecified atom stereocenters. The van der Waals surface area contributed by atoms with E-state index in [1.54, 1.807) is 11.3 Å². The first kappa shape index (κ1) is 14.0. The van der Waals surface area contributed by atoms with Gasteiger partial charge in [-0.05, 0) is 69.5 Å². The Morgan fingerprint density at radius 2 is 2.28 bits per heavy atom. The number of rotatable bonds is 4. The van der Waals surface area contributed by atoms with E-state index in [2.05, 4.69) is 53.1 Å². The smallest absolute Gasteiger partial charge is 0.0376 e. The van der Waals surface area contributed by atoms with Crippen molar-refractivity contribution in [1.29, 1.82) is 0 Å². The highest BCUT2D eigenvalue weighted by molar-refractivity contribution is 7.07. The van der Waals surface area contributed by atoms with E-state index in [9.17, 15) is 0 Å². The molecule has 1 aromatic heterocycles. The average Bonchev–Trinajstić information content (AvgIpc) is 2.80. The molecule has 1 fully saturated rings. The highest BCUT2D eigenvalue weighted by atomic mass is 32.1. The lowest BCUT2D eigenvalue weighted by Gasteiger charge is -2.34. The maximum Gasteiger partial charge on any atom is 0.0376 e. The average molecular weight is 267 g/mol. The molecule has 0 spiro atoms. The summed E-state index contributed by atoms with van der Waals surface area (Å²) in [7, 11) is 6.60. The first-order valence-electron chi connectivity index (χ1n) is 6.78. The summed E-state index contributed by atoms with van der Waals surface area (Å²) in [6.45, 7) is 3.58. The van der Waals surface area contributed by atoms with Crippen LogP contribution in [-0.4, -0.2) is 62.7 Å². The SMILES string of the molecule is CNC(Cc1ccsc1)C1CN(C)CCCN1C. The normalized spacial score (nSPS) is 24.9. The summed E-state index contributed by atoms with van der Waals surface area (Å²) >= 11 is 1.79. The zero-order valence-electron chi connectivity index (χ0n) is 11.7. The zero-order valence-corrected chi connectivity index (χ0v) is 12.5. The molecule has 2 heterocycles. The molecule has 3 nitrogen and oxygen atoms in total. The van der Waals surface area contributed by atoms with Crippen LogP contribution in [0.3, 0.4) is 0 Å². The Kier molecular flexibility index (Phi) is 5.18. The molecule has 1 aromatic rings. The van der Waals surface area contributed by atoms with E-state index in [1.165, 1.54) is 25.1 Å². The molecule has 0 aliphatic carbocycles. The van der Waals surface area contributed by atoms with Crippen LogP contribution < -0.4 is 5.32 Å². The van der Waals surface area contributed by atoms with Crippen molar-refractivity contribution in [2.45, 2.75) is 24.9 Å². The van der Waals surface area contributed by atoms with Gasteiger partial charge in [0.2, 0.25) is 0 Å². The van der Waals surface area contributed by atoms with Crippen LogP contribution in [0, 0.1) is 0 Å². The van der Waals surface area contributed by atoms with Crippen LogP contribution in [0.1, 0.15) is 12.0 Å². The fraction of sp³-hybridized carbons (Fsp3) is 0.714. The molecule has 0 bridgehead atoms. The standard InChI is InChI=1S/C14H25N3S/c1-15-13(9-12-5-8-18-11-12)14-10-16(2)6-4-7-17(14)3/h5,8,11,13-15H,4,6-7,9-10H2,1-3H3. The van der Waals surface area contributed by atoms with Gasteiger partial charge in [-0.15, -0.1) is 0 Å². The molecule has 1 aliphatic heterocycles. The molecule has 1 N–H and O–H groups in total. The second-order valence-electron chi connectivity index (χ2n) is 5.39. The lowest BCUT2D eigenvalue weighted by atomic mass is 10.00. The van der Waals surface area contributed by atoms with Crippen molar-refractivity contribution in [3.63, 3.8) is 0 Å². The van der Waals surface area contributed by atoms with Crippen molar-refractivity contribution in [3.8, 4) is 0 Å². The molecule has 4 heteroatoms. The van der Waals surface area contributed by atoms with Gasteiger partial charge in [0.05, 0.1) is 0 Å². The van der Waals surface area contributed by atoms with E-state index < -0.39 is 0 Å². The van der Waals surface area contributed by atoms with Gasteiger partial charge >= 0.3 is 0 Å². The second kappa shape index (κ2) is 6.66. The third kappa shape index (κ3) is 3.54. The summed E-state index contributed by atoms with van der Waals surface area (Å²) in [6.07, 6.45) is 2.40. The van der Waals surface area contributed by atoms with Crippen LogP contribution in [0.5, 0.6) is 0 Å². The van der Waals surface area contributed by atoms with Gasteiger partial charge < -0.3 is 15.1 Å². The van der Waals surface area contributed by atoms with Crippen LogP contribution in [0.4, 0.5) is 0 Å². The van der Waals surface area contributed by atoms with Crippen LogP contribution in [0.15, 0.2) is 16.8 Å². The van der Waals surface area contributed by atoms with E-state index in [4.69, 9.17) is 0 Å². The summed E-state index contributed by atoms with van der Waals surface area (Å²) in [5, 5.41) is 7.97. The number of hydrogen-bond donors (Lipinski definition) is 1. The molecule has 1 aliphatic rings. The monoisotopic (exact) mass is 267 g/mol. The van der Waals surface area contributed by atoms with Crippen molar-refractivity contribution in [3.05, 3.63) is 22.4 Å². The fourth-order valence-electron chi connectivity index (χ4n) is 2.83. The first-order valence-corrected chi connectivity index (χ1v) is 7.72. The number of nitrogens with zero attached hydrogens (tertiary/aromatic N) is 2. The van der Waals surface area contributed by atoms with Gasteiger partial charge in [0.15, 0.2) is 0 Å². The highest BCUT2D eigenvalue weighted by Crippen LogP contribution is 2.16. The van der Waals surface area contributed by atoms with E-state index in [0.29, 0.717) is 12.1 Å². The van der Waals surface area contributed by atoms with Gasteiger partial charge in [0.25, 0.3) is 0 Å². The molecule has 2 rings (SSSR count). The minimum Gasteiger partial charge on any atom is -0.315 e. The number of likely N-dealkylation sites (N-methyl/N-ethyl adjacent to an activating group) is 3. The summed E-state index contributed by atoms with van der Waals surface area (Å²) in [5.41, 5.74) is 1.46. The molecule has 0 amide bonds. The molecule has 2 atom stereocenters. The largest absolute Gasteiger partial charge is 0.315 e. The van der Waals surface area contributed by atoms with Gasteiger partial charge in [-0.25, -0.2) is 0 Å². The van der Waals surface area contributed by atoms with Gasteiger partial charge in [-0.2, -0.15) is 11.3 Å². The minimum atomic E-state index is 0.533. The van der Waals surface area contributed by atoms with Crippen molar-refractivity contribution < 1.29 is 0 Å². The lowest BCUT2D eigenvalue weighted by Crippen LogP contribution is -2.52. The van der Waals surface area contributed by atoms with Crippen molar-refractivity contribution in [1.82, 2.24) is 15.1 Å². The zero-order chi connectivity index (χ0) is 13.0. The maximum absolute atomic E-state index is 3.53. The number of nitrogens with one attached hydrogen (secondary N) is 1. The quantitative estimate of drug-likeness (QED) is 0.892. The molecule has 102 valence electrons. The Hall–Kier alpha value is -0.420. The molecule has 0 radical (unpaired) electrons.